The number of nitrogens with zero attached hydrogens (tertiary/aromatic N) is 1. The molecule has 1 amide bonds. The molecule has 0 bridgehead atoms. The topological polar surface area (TPSA) is 55.1 Å². The Hall–Kier alpha value is -2.88. The molecule has 0 aliphatic heterocycles. The molecule has 1 aromatic heterocycles. The lowest BCUT2D eigenvalue weighted by molar-refractivity contribution is 0.0950. The minimum absolute atomic E-state index is 0.0943. The summed E-state index contributed by atoms with van der Waals surface area (Å²) >= 11 is 0. The van der Waals surface area contributed by atoms with E-state index in [1.54, 1.807) is 13.8 Å². The molecule has 122 valence electrons. The molecule has 2 aromatic carbocycles. The van der Waals surface area contributed by atoms with E-state index in [4.69, 9.17) is 4.52 Å². The summed E-state index contributed by atoms with van der Waals surface area (Å²) in [5.74, 6) is 0.487. The highest BCUT2D eigenvalue weighted by atomic mass is 16.5. The maximum absolute atomic E-state index is 12.5. The van der Waals surface area contributed by atoms with Crippen molar-refractivity contribution in [2.75, 3.05) is 6.54 Å². The van der Waals surface area contributed by atoms with Crippen LogP contribution in [0.5, 0.6) is 0 Å². The average Bonchev–Trinajstić information content (AvgIpc) is 2.95. The summed E-state index contributed by atoms with van der Waals surface area (Å²) in [6, 6.07) is 20.4. The van der Waals surface area contributed by atoms with Gasteiger partial charge in [-0.25, -0.2) is 0 Å². The zero-order valence-corrected chi connectivity index (χ0v) is 13.8. The average molecular weight is 320 g/mol. The number of carbonyl (C=O) groups excluding carboxylic acids is 1. The van der Waals surface area contributed by atoms with Gasteiger partial charge in [-0.1, -0.05) is 65.8 Å². The number of hydrogen-bond acceptors (Lipinski definition) is 3. The van der Waals surface area contributed by atoms with Gasteiger partial charge in [0, 0.05) is 12.5 Å². The molecule has 0 fully saturated rings. The molecular weight excluding hydrogens is 300 g/mol. The largest absolute Gasteiger partial charge is 0.361 e. The van der Waals surface area contributed by atoms with Crippen molar-refractivity contribution in [2.24, 2.45) is 0 Å². The van der Waals surface area contributed by atoms with Gasteiger partial charge < -0.3 is 9.84 Å². The van der Waals surface area contributed by atoms with Crippen molar-refractivity contribution >= 4 is 5.91 Å². The Bertz CT molecular complexity index is 751. The minimum Gasteiger partial charge on any atom is -0.361 e. The van der Waals surface area contributed by atoms with E-state index < -0.39 is 0 Å². The second-order valence-corrected chi connectivity index (χ2v) is 5.78. The molecule has 0 spiro atoms. The Kier molecular flexibility index (Phi) is 4.75. The number of aromatic nitrogens is 1. The van der Waals surface area contributed by atoms with Crippen LogP contribution in [-0.4, -0.2) is 17.6 Å². The van der Waals surface area contributed by atoms with Crippen LogP contribution in [0.25, 0.3) is 0 Å². The van der Waals surface area contributed by atoms with Gasteiger partial charge in [-0.05, 0) is 25.0 Å². The predicted octanol–water partition coefficient (Wildman–Crippen LogP) is 3.85. The normalized spacial score (nSPS) is 10.8. The first-order valence-electron chi connectivity index (χ1n) is 7.97. The van der Waals surface area contributed by atoms with Gasteiger partial charge in [-0.2, -0.15) is 0 Å². The summed E-state index contributed by atoms with van der Waals surface area (Å²) in [5, 5.41) is 6.87. The molecule has 1 N–H and O–H groups in total. The van der Waals surface area contributed by atoms with E-state index in [-0.39, 0.29) is 11.8 Å². The molecule has 24 heavy (non-hydrogen) atoms. The molecule has 0 atom stereocenters. The van der Waals surface area contributed by atoms with Gasteiger partial charge >= 0.3 is 0 Å². The van der Waals surface area contributed by atoms with Crippen LogP contribution >= 0.6 is 0 Å². The number of carbonyl (C=O) groups is 1. The molecule has 0 radical (unpaired) electrons. The highest BCUT2D eigenvalue weighted by Gasteiger charge is 2.20. The zero-order chi connectivity index (χ0) is 16.9. The van der Waals surface area contributed by atoms with E-state index in [1.165, 1.54) is 11.1 Å². The monoisotopic (exact) mass is 320 g/mol. The van der Waals surface area contributed by atoms with Crippen LogP contribution in [0.4, 0.5) is 0 Å². The van der Waals surface area contributed by atoms with Crippen LogP contribution in [-0.2, 0) is 0 Å². The van der Waals surface area contributed by atoms with Gasteiger partial charge in [0.05, 0.1) is 5.69 Å². The molecule has 4 nitrogen and oxygen atoms in total. The second-order valence-electron chi connectivity index (χ2n) is 5.78. The van der Waals surface area contributed by atoms with E-state index in [0.29, 0.717) is 23.6 Å². The van der Waals surface area contributed by atoms with E-state index in [0.717, 1.165) is 0 Å². The third-order valence-electron chi connectivity index (χ3n) is 4.13. The third-order valence-corrected chi connectivity index (χ3v) is 4.13. The fraction of sp³-hybridized carbons (Fsp3) is 0.200. The van der Waals surface area contributed by atoms with Gasteiger partial charge in [0.25, 0.3) is 5.91 Å². The summed E-state index contributed by atoms with van der Waals surface area (Å²) in [4.78, 5) is 12.5. The molecule has 0 aliphatic carbocycles. The quantitative estimate of drug-likeness (QED) is 0.777. The van der Waals surface area contributed by atoms with Gasteiger partial charge in [-0.15, -0.1) is 0 Å². The molecule has 0 unspecified atom stereocenters. The lowest BCUT2D eigenvalue weighted by atomic mass is 9.91. The van der Waals surface area contributed by atoms with E-state index >= 15 is 0 Å². The summed E-state index contributed by atoms with van der Waals surface area (Å²) < 4.78 is 5.08. The number of amides is 1. The van der Waals surface area contributed by atoms with Crippen LogP contribution < -0.4 is 5.32 Å². The summed E-state index contributed by atoms with van der Waals surface area (Å²) in [6.07, 6.45) is 0. The van der Waals surface area contributed by atoms with E-state index in [9.17, 15) is 4.79 Å². The molecule has 3 rings (SSSR count). The third kappa shape index (κ3) is 3.38. The maximum Gasteiger partial charge on any atom is 0.256 e. The van der Waals surface area contributed by atoms with Crippen molar-refractivity contribution in [3.63, 3.8) is 0 Å². The second kappa shape index (κ2) is 7.13. The van der Waals surface area contributed by atoms with Crippen LogP contribution in [0.2, 0.25) is 0 Å². The molecule has 0 saturated carbocycles. The number of rotatable bonds is 5. The van der Waals surface area contributed by atoms with Gasteiger partial charge in [0.1, 0.15) is 11.3 Å². The van der Waals surface area contributed by atoms with Crippen molar-refractivity contribution < 1.29 is 9.32 Å². The fourth-order valence-electron chi connectivity index (χ4n) is 2.89. The SMILES string of the molecule is Cc1noc(C)c1C(=O)NCC(c1ccccc1)c1ccccc1. The summed E-state index contributed by atoms with van der Waals surface area (Å²) in [6.45, 7) is 4.04. The van der Waals surface area contributed by atoms with Gasteiger partial charge in [0.2, 0.25) is 0 Å². The molecule has 1 heterocycles. The maximum atomic E-state index is 12.5. The number of aryl methyl sites for hydroxylation is 2. The van der Waals surface area contributed by atoms with E-state index in [2.05, 4.69) is 34.7 Å². The van der Waals surface area contributed by atoms with Crippen molar-refractivity contribution in [3.05, 3.63) is 88.8 Å². The molecule has 0 saturated heterocycles. The highest BCUT2D eigenvalue weighted by Crippen LogP contribution is 2.24. The molecular formula is C20H20N2O2. The number of benzene rings is 2. The van der Waals surface area contributed by atoms with Crippen molar-refractivity contribution in [1.82, 2.24) is 10.5 Å². The Morgan fingerprint density at radius 1 is 1.00 bits per heavy atom. The first kappa shape index (κ1) is 16.0. The lowest BCUT2D eigenvalue weighted by Crippen LogP contribution is -2.29. The van der Waals surface area contributed by atoms with Crippen molar-refractivity contribution in [2.45, 2.75) is 19.8 Å². The standard InChI is InChI=1S/C20H20N2O2/c1-14-19(15(2)24-22-14)20(23)21-13-18(16-9-5-3-6-10-16)17-11-7-4-8-12-17/h3-12,18H,13H2,1-2H3,(H,21,23). The van der Waals surface area contributed by atoms with Crippen molar-refractivity contribution in [3.8, 4) is 0 Å². The van der Waals surface area contributed by atoms with Crippen LogP contribution in [0.3, 0.4) is 0 Å². The Morgan fingerprint density at radius 2 is 1.54 bits per heavy atom. The molecule has 3 aromatic rings. The van der Waals surface area contributed by atoms with Crippen LogP contribution in [0.15, 0.2) is 65.2 Å². The molecule has 0 aliphatic rings. The minimum atomic E-state index is -0.150. The van der Waals surface area contributed by atoms with Gasteiger partial charge in [0.15, 0.2) is 0 Å². The summed E-state index contributed by atoms with van der Waals surface area (Å²) in [5.41, 5.74) is 3.47. The summed E-state index contributed by atoms with van der Waals surface area (Å²) in [7, 11) is 0. The highest BCUT2D eigenvalue weighted by molar-refractivity contribution is 5.96. The number of nitrogens with one attached hydrogen (secondary N) is 1. The number of hydrogen-bond donors (Lipinski definition) is 1. The van der Waals surface area contributed by atoms with Crippen molar-refractivity contribution in [1.29, 1.82) is 0 Å². The first-order chi connectivity index (χ1) is 11.7. The fourth-order valence-corrected chi connectivity index (χ4v) is 2.89. The van der Waals surface area contributed by atoms with Crippen LogP contribution in [0, 0.1) is 13.8 Å². The molecule has 4 heteroatoms. The van der Waals surface area contributed by atoms with Crippen LogP contribution in [0.1, 0.15) is 38.9 Å². The van der Waals surface area contributed by atoms with E-state index in [1.807, 2.05) is 36.4 Å². The first-order valence-corrected chi connectivity index (χ1v) is 7.97. The van der Waals surface area contributed by atoms with Gasteiger partial charge in [-0.3, -0.25) is 4.79 Å². The smallest absolute Gasteiger partial charge is 0.256 e. The zero-order valence-electron chi connectivity index (χ0n) is 13.8. The predicted molar refractivity (Wildman–Crippen MR) is 93.0 cm³/mol. The Balaban J connectivity index is 1.82. The lowest BCUT2D eigenvalue weighted by Gasteiger charge is -2.18. The Labute approximate surface area is 141 Å². The Morgan fingerprint density at radius 3 is 2.00 bits per heavy atom.